The number of aromatic nitrogens is 5. The van der Waals surface area contributed by atoms with Gasteiger partial charge in [-0.2, -0.15) is 12.7 Å². The SMILES string of the molecule is CCOc1cccc(-c2nc3ncc(NS(=O)(=O)N4CCCC4)nc3n2-c2c(OC)cccc2OC)n1.[HH]. The summed E-state index contributed by atoms with van der Waals surface area (Å²) in [7, 11) is -0.673. The van der Waals surface area contributed by atoms with E-state index in [1.54, 1.807) is 49.1 Å². The molecular formula is C24H29N7O5S. The largest absolute Gasteiger partial charge is 0.494 e. The number of pyridine rings is 1. The van der Waals surface area contributed by atoms with Crippen molar-refractivity contribution in [1.29, 1.82) is 0 Å². The van der Waals surface area contributed by atoms with E-state index in [1.165, 1.54) is 10.5 Å². The molecule has 1 aliphatic heterocycles. The van der Waals surface area contributed by atoms with Crippen LogP contribution >= 0.6 is 0 Å². The van der Waals surface area contributed by atoms with E-state index in [9.17, 15) is 8.42 Å². The monoisotopic (exact) mass is 527 g/mol. The van der Waals surface area contributed by atoms with Crippen molar-refractivity contribution in [2.45, 2.75) is 19.8 Å². The molecule has 1 aromatic carbocycles. The molecule has 0 radical (unpaired) electrons. The molecule has 3 aromatic heterocycles. The third kappa shape index (κ3) is 4.74. The Bertz CT molecular complexity index is 1520. The van der Waals surface area contributed by atoms with Gasteiger partial charge in [0, 0.05) is 20.6 Å². The predicted molar refractivity (Wildman–Crippen MR) is 140 cm³/mol. The van der Waals surface area contributed by atoms with E-state index in [-0.39, 0.29) is 12.9 Å². The third-order valence-electron chi connectivity index (χ3n) is 5.88. The maximum absolute atomic E-state index is 12.9. The number of nitrogens with one attached hydrogen (secondary N) is 1. The van der Waals surface area contributed by atoms with Crippen LogP contribution in [0.2, 0.25) is 0 Å². The Morgan fingerprint density at radius 2 is 1.70 bits per heavy atom. The van der Waals surface area contributed by atoms with Crippen LogP contribution in [0.5, 0.6) is 17.4 Å². The van der Waals surface area contributed by atoms with Crippen molar-refractivity contribution < 1.29 is 24.1 Å². The first kappa shape index (κ1) is 24.7. The molecule has 1 aliphatic rings. The summed E-state index contributed by atoms with van der Waals surface area (Å²) >= 11 is 0. The van der Waals surface area contributed by atoms with Crippen molar-refractivity contribution in [1.82, 2.24) is 28.8 Å². The molecule has 13 heteroatoms. The maximum atomic E-state index is 12.9. The van der Waals surface area contributed by atoms with Crippen LogP contribution < -0.4 is 18.9 Å². The molecule has 0 amide bonds. The van der Waals surface area contributed by atoms with Gasteiger partial charge >= 0.3 is 10.2 Å². The topological polar surface area (TPSA) is 134 Å². The van der Waals surface area contributed by atoms with Gasteiger partial charge in [-0.3, -0.25) is 9.29 Å². The normalized spacial score (nSPS) is 14.1. The lowest BCUT2D eigenvalue weighted by atomic mass is 10.2. The first-order valence-corrected chi connectivity index (χ1v) is 13.2. The number of fused-ring (bicyclic) bond motifs is 1. The van der Waals surface area contributed by atoms with E-state index in [1.807, 2.05) is 13.0 Å². The average Bonchev–Trinajstić information content (AvgIpc) is 3.57. The Morgan fingerprint density at radius 3 is 2.38 bits per heavy atom. The zero-order valence-electron chi connectivity index (χ0n) is 20.7. The van der Waals surface area contributed by atoms with Gasteiger partial charge in [0.15, 0.2) is 22.9 Å². The number of benzene rings is 1. The summed E-state index contributed by atoms with van der Waals surface area (Å²) in [5, 5.41) is 0. The van der Waals surface area contributed by atoms with Gasteiger partial charge in [-0.1, -0.05) is 12.1 Å². The van der Waals surface area contributed by atoms with Crippen molar-refractivity contribution in [3.8, 4) is 34.6 Å². The lowest BCUT2D eigenvalue weighted by Gasteiger charge is -2.17. The number of imidazole rings is 1. The number of anilines is 1. The Kier molecular flexibility index (Phi) is 6.80. The number of para-hydroxylation sites is 1. The number of ether oxygens (including phenoxy) is 3. The molecular weight excluding hydrogens is 498 g/mol. The van der Waals surface area contributed by atoms with Gasteiger partial charge in [0.2, 0.25) is 5.88 Å². The van der Waals surface area contributed by atoms with Crippen LogP contribution in [0.15, 0.2) is 42.6 Å². The van der Waals surface area contributed by atoms with Crippen LogP contribution in [0.25, 0.3) is 28.5 Å². The Hall–Kier alpha value is -3.97. The molecule has 1 fully saturated rings. The standard InChI is InChI=1S/C24H27N7O5S.H2/c1-4-36-20-12-7-9-16(26-20)23-28-22-24(31(23)21-17(34-2)10-8-11-18(21)35-3)27-19(15-25-22)29-37(32,33)30-13-5-6-14-30;/h7-12,15H,4-6,13-14H2,1-3H3,(H,27,29);1H. The second-order valence-electron chi connectivity index (χ2n) is 8.19. The van der Waals surface area contributed by atoms with Crippen molar-refractivity contribution in [3.05, 3.63) is 42.6 Å². The highest BCUT2D eigenvalue weighted by Crippen LogP contribution is 2.38. The van der Waals surface area contributed by atoms with E-state index in [2.05, 4.69) is 19.7 Å². The second-order valence-corrected chi connectivity index (χ2v) is 9.86. The van der Waals surface area contributed by atoms with Gasteiger partial charge in [-0.25, -0.2) is 19.9 Å². The Balaban J connectivity index is 0.00000336. The van der Waals surface area contributed by atoms with Gasteiger partial charge in [0.25, 0.3) is 0 Å². The molecule has 12 nitrogen and oxygen atoms in total. The Morgan fingerprint density at radius 1 is 1.00 bits per heavy atom. The zero-order valence-corrected chi connectivity index (χ0v) is 21.5. The van der Waals surface area contributed by atoms with Crippen LogP contribution in [0.3, 0.4) is 0 Å². The summed E-state index contributed by atoms with van der Waals surface area (Å²) in [5.74, 6) is 1.89. The van der Waals surface area contributed by atoms with Gasteiger partial charge < -0.3 is 14.2 Å². The van der Waals surface area contributed by atoms with Crippen molar-refractivity contribution >= 4 is 27.3 Å². The number of nitrogens with zero attached hydrogens (tertiary/aromatic N) is 6. The fourth-order valence-corrected chi connectivity index (χ4v) is 5.46. The zero-order chi connectivity index (χ0) is 26.0. The number of methoxy groups -OCH3 is 2. The quantitative estimate of drug-likeness (QED) is 0.348. The smallest absolute Gasteiger partial charge is 0.302 e. The summed E-state index contributed by atoms with van der Waals surface area (Å²) in [4.78, 5) is 18.3. The van der Waals surface area contributed by atoms with Gasteiger partial charge in [0.1, 0.15) is 22.9 Å². The fourth-order valence-electron chi connectivity index (χ4n) is 4.23. The number of rotatable bonds is 9. The third-order valence-corrected chi connectivity index (χ3v) is 7.39. The van der Waals surface area contributed by atoms with Crippen LogP contribution in [0.1, 0.15) is 21.2 Å². The molecule has 0 atom stereocenters. The molecule has 4 aromatic rings. The fraction of sp³-hybridized carbons (Fsp3) is 0.333. The highest BCUT2D eigenvalue weighted by molar-refractivity contribution is 7.90. The molecule has 0 bridgehead atoms. The van der Waals surface area contributed by atoms with Crippen LogP contribution in [-0.2, 0) is 10.2 Å². The molecule has 196 valence electrons. The summed E-state index contributed by atoms with van der Waals surface area (Å²) in [5.41, 5.74) is 1.60. The van der Waals surface area contributed by atoms with Crippen LogP contribution in [0, 0.1) is 0 Å². The first-order chi connectivity index (χ1) is 17.9. The van der Waals surface area contributed by atoms with Gasteiger partial charge in [-0.05, 0) is 38.0 Å². The minimum Gasteiger partial charge on any atom is -0.494 e. The van der Waals surface area contributed by atoms with E-state index < -0.39 is 10.2 Å². The lowest BCUT2D eigenvalue weighted by molar-refractivity contribution is 0.327. The van der Waals surface area contributed by atoms with E-state index in [0.717, 1.165) is 12.8 Å². The molecule has 0 unspecified atom stereocenters. The predicted octanol–water partition coefficient (Wildman–Crippen LogP) is 3.29. The molecule has 1 saturated heterocycles. The minimum absolute atomic E-state index is 0. The summed E-state index contributed by atoms with van der Waals surface area (Å²) in [6.45, 7) is 3.26. The summed E-state index contributed by atoms with van der Waals surface area (Å²) < 4.78 is 48.3. The maximum Gasteiger partial charge on any atom is 0.302 e. The Labute approximate surface area is 215 Å². The highest BCUT2D eigenvalue weighted by Gasteiger charge is 2.27. The van der Waals surface area contributed by atoms with Gasteiger partial charge in [-0.15, -0.1) is 0 Å². The molecule has 5 rings (SSSR count). The van der Waals surface area contributed by atoms with Gasteiger partial charge in [0.05, 0.1) is 27.0 Å². The van der Waals surface area contributed by atoms with Crippen molar-refractivity contribution in [2.75, 3.05) is 38.6 Å². The minimum atomic E-state index is -3.77. The second kappa shape index (κ2) is 10.2. The first-order valence-electron chi connectivity index (χ1n) is 11.8. The van der Waals surface area contributed by atoms with E-state index in [0.29, 0.717) is 59.9 Å². The highest BCUT2D eigenvalue weighted by atomic mass is 32.2. The lowest BCUT2D eigenvalue weighted by Crippen LogP contribution is -2.33. The molecule has 0 aliphatic carbocycles. The summed E-state index contributed by atoms with van der Waals surface area (Å²) in [6.07, 6.45) is 2.99. The summed E-state index contributed by atoms with van der Waals surface area (Å²) in [6, 6.07) is 10.7. The molecule has 0 saturated carbocycles. The van der Waals surface area contributed by atoms with E-state index in [4.69, 9.17) is 19.2 Å². The van der Waals surface area contributed by atoms with Crippen molar-refractivity contribution in [2.24, 2.45) is 0 Å². The number of hydrogen-bond acceptors (Lipinski definition) is 9. The van der Waals surface area contributed by atoms with Crippen molar-refractivity contribution in [3.63, 3.8) is 0 Å². The molecule has 37 heavy (non-hydrogen) atoms. The van der Waals surface area contributed by atoms with Crippen LogP contribution in [0.4, 0.5) is 5.82 Å². The van der Waals surface area contributed by atoms with Crippen LogP contribution in [-0.4, -0.2) is 71.1 Å². The molecule has 0 spiro atoms. The molecule has 1 N–H and O–H groups in total. The number of hydrogen-bond donors (Lipinski definition) is 1. The average molecular weight is 528 g/mol. The van der Waals surface area contributed by atoms with E-state index >= 15 is 0 Å². The molecule has 4 heterocycles.